The zero-order valence-corrected chi connectivity index (χ0v) is 19.6. The Bertz CT molecular complexity index is 845. The van der Waals surface area contributed by atoms with Crippen LogP contribution in [0.15, 0.2) is 53.0 Å². The summed E-state index contributed by atoms with van der Waals surface area (Å²) in [5.74, 6) is 1.81. The van der Waals surface area contributed by atoms with Crippen LogP contribution >= 0.6 is 27.5 Å². The predicted molar refractivity (Wildman–Crippen MR) is 126 cm³/mol. The second kappa shape index (κ2) is 7.70. The third kappa shape index (κ3) is 3.82. The monoisotopic (exact) mass is 471 g/mol. The molecule has 3 unspecified atom stereocenters. The van der Waals surface area contributed by atoms with Gasteiger partial charge in [-0.1, -0.05) is 51.8 Å². The highest BCUT2D eigenvalue weighted by molar-refractivity contribution is 9.10. The quantitative estimate of drug-likeness (QED) is 0.470. The zero-order chi connectivity index (χ0) is 20.1. The first kappa shape index (κ1) is 20.1. The lowest BCUT2D eigenvalue weighted by molar-refractivity contribution is -0.0879. The first-order valence-electron chi connectivity index (χ1n) is 11.2. The SMILES string of the molecule is CC(NCCc1ccc(Br)cc1)C12CC3CC(CC(c4ccc(Cl)cc4)(C3)C1)C2. The minimum atomic E-state index is 0.385. The third-order valence-corrected chi connectivity index (χ3v) is 9.04. The lowest BCUT2D eigenvalue weighted by atomic mass is 9.41. The van der Waals surface area contributed by atoms with Gasteiger partial charge in [0.2, 0.25) is 0 Å². The molecule has 4 aliphatic carbocycles. The number of hydrogen-bond acceptors (Lipinski definition) is 1. The van der Waals surface area contributed by atoms with Crippen LogP contribution in [0.5, 0.6) is 0 Å². The van der Waals surface area contributed by atoms with E-state index in [9.17, 15) is 0 Å². The molecule has 0 saturated heterocycles. The van der Waals surface area contributed by atoms with Crippen molar-refractivity contribution in [3.63, 3.8) is 0 Å². The van der Waals surface area contributed by atoms with E-state index in [2.05, 4.69) is 76.7 Å². The van der Waals surface area contributed by atoms with E-state index >= 15 is 0 Å². The van der Waals surface area contributed by atoms with Crippen LogP contribution in [0.3, 0.4) is 0 Å². The largest absolute Gasteiger partial charge is 0.313 e. The molecule has 4 fully saturated rings. The van der Waals surface area contributed by atoms with Gasteiger partial charge in [0.15, 0.2) is 0 Å². The van der Waals surface area contributed by atoms with Crippen molar-refractivity contribution in [1.82, 2.24) is 5.32 Å². The van der Waals surface area contributed by atoms with Crippen molar-refractivity contribution in [1.29, 1.82) is 0 Å². The summed E-state index contributed by atoms with van der Waals surface area (Å²) in [6, 6.07) is 18.2. The summed E-state index contributed by atoms with van der Waals surface area (Å²) < 4.78 is 1.16. The van der Waals surface area contributed by atoms with Gasteiger partial charge < -0.3 is 5.32 Å². The van der Waals surface area contributed by atoms with Crippen molar-refractivity contribution in [3.8, 4) is 0 Å². The second-order valence-corrected chi connectivity index (χ2v) is 11.5. The molecular formula is C26H31BrClN. The van der Waals surface area contributed by atoms with Gasteiger partial charge in [-0.15, -0.1) is 0 Å². The van der Waals surface area contributed by atoms with Crippen molar-refractivity contribution in [2.75, 3.05) is 6.54 Å². The fraction of sp³-hybridized carbons (Fsp3) is 0.538. The standard InChI is InChI=1S/C26H31BrClN/c1-18(29-11-10-19-2-6-23(27)7-3-19)25-13-20-12-21(14-25)16-26(15-20,17-25)22-4-8-24(28)9-5-22/h2-9,18,20-21,29H,10-17H2,1H3. The first-order valence-corrected chi connectivity index (χ1v) is 12.4. The van der Waals surface area contributed by atoms with Crippen LogP contribution in [0.2, 0.25) is 5.02 Å². The summed E-state index contributed by atoms with van der Waals surface area (Å²) in [6.07, 6.45) is 9.53. The van der Waals surface area contributed by atoms with Crippen LogP contribution in [0.1, 0.15) is 56.6 Å². The number of benzene rings is 2. The van der Waals surface area contributed by atoms with E-state index < -0.39 is 0 Å². The molecule has 2 aromatic carbocycles. The summed E-state index contributed by atoms with van der Waals surface area (Å²) in [5.41, 5.74) is 3.80. The van der Waals surface area contributed by atoms with Gasteiger partial charge in [0.05, 0.1) is 0 Å². The van der Waals surface area contributed by atoms with Crippen molar-refractivity contribution in [2.24, 2.45) is 17.3 Å². The molecule has 0 heterocycles. The smallest absolute Gasteiger partial charge is 0.0406 e. The molecule has 0 radical (unpaired) electrons. The van der Waals surface area contributed by atoms with Gasteiger partial charge in [0.1, 0.15) is 0 Å². The second-order valence-electron chi connectivity index (χ2n) is 10.2. The zero-order valence-electron chi connectivity index (χ0n) is 17.3. The number of nitrogens with one attached hydrogen (secondary N) is 1. The van der Waals surface area contributed by atoms with Gasteiger partial charge in [-0.3, -0.25) is 0 Å². The minimum absolute atomic E-state index is 0.385. The van der Waals surface area contributed by atoms with Crippen LogP contribution in [-0.2, 0) is 11.8 Å². The fourth-order valence-electron chi connectivity index (χ4n) is 7.28. The molecule has 4 aliphatic rings. The number of halogens is 2. The molecule has 4 saturated carbocycles. The van der Waals surface area contributed by atoms with E-state index in [-0.39, 0.29) is 0 Å². The molecule has 0 spiro atoms. The molecule has 1 N–H and O–H groups in total. The van der Waals surface area contributed by atoms with Crippen molar-refractivity contribution in [2.45, 2.75) is 63.3 Å². The Morgan fingerprint density at radius 3 is 2.31 bits per heavy atom. The molecule has 0 aromatic heterocycles. The van der Waals surface area contributed by atoms with E-state index in [1.807, 2.05) is 0 Å². The number of rotatable bonds is 6. The van der Waals surface area contributed by atoms with E-state index in [4.69, 9.17) is 11.6 Å². The summed E-state index contributed by atoms with van der Waals surface area (Å²) in [5, 5.41) is 4.81. The summed E-state index contributed by atoms with van der Waals surface area (Å²) in [7, 11) is 0. The number of hydrogen-bond donors (Lipinski definition) is 1. The summed E-state index contributed by atoms with van der Waals surface area (Å²) in [4.78, 5) is 0. The van der Waals surface area contributed by atoms with Crippen molar-refractivity contribution >= 4 is 27.5 Å². The fourth-order valence-corrected chi connectivity index (χ4v) is 7.67. The first-order chi connectivity index (χ1) is 14.0. The lowest BCUT2D eigenvalue weighted by Gasteiger charge is -2.64. The maximum atomic E-state index is 6.20. The molecule has 3 heteroatoms. The Morgan fingerprint density at radius 2 is 1.66 bits per heavy atom. The van der Waals surface area contributed by atoms with Crippen LogP contribution in [0, 0.1) is 17.3 Å². The van der Waals surface area contributed by atoms with E-state index in [1.54, 1.807) is 5.56 Å². The Morgan fingerprint density at radius 1 is 1.00 bits per heavy atom. The highest BCUT2D eigenvalue weighted by Crippen LogP contribution is 2.66. The summed E-state index contributed by atoms with van der Waals surface area (Å²) >= 11 is 9.73. The Labute approximate surface area is 188 Å². The summed E-state index contributed by atoms with van der Waals surface area (Å²) in [6.45, 7) is 3.53. The highest BCUT2D eigenvalue weighted by atomic mass is 79.9. The van der Waals surface area contributed by atoms with Crippen LogP contribution in [-0.4, -0.2) is 12.6 Å². The Hall–Kier alpha value is -0.830. The average Bonchev–Trinajstić information content (AvgIpc) is 2.69. The Kier molecular flexibility index (Phi) is 5.33. The molecule has 0 amide bonds. The lowest BCUT2D eigenvalue weighted by Crippen LogP contribution is -2.60. The average molecular weight is 473 g/mol. The molecule has 1 nitrogen and oxygen atoms in total. The van der Waals surface area contributed by atoms with Gasteiger partial charge in [-0.2, -0.15) is 0 Å². The molecule has 0 aliphatic heterocycles. The van der Waals surface area contributed by atoms with Crippen LogP contribution in [0.4, 0.5) is 0 Å². The topological polar surface area (TPSA) is 12.0 Å². The predicted octanol–water partition coefficient (Wildman–Crippen LogP) is 7.16. The third-order valence-electron chi connectivity index (χ3n) is 8.26. The Balaban J connectivity index is 1.31. The molecule has 6 rings (SSSR count). The maximum Gasteiger partial charge on any atom is 0.0406 e. The van der Waals surface area contributed by atoms with Crippen molar-refractivity contribution < 1.29 is 0 Å². The minimum Gasteiger partial charge on any atom is -0.313 e. The molecule has 4 bridgehead atoms. The normalized spacial score (nSPS) is 33.8. The molecule has 2 aromatic rings. The van der Waals surface area contributed by atoms with Crippen LogP contribution in [0.25, 0.3) is 0 Å². The molecule has 154 valence electrons. The van der Waals surface area contributed by atoms with Gasteiger partial charge in [0, 0.05) is 15.5 Å². The van der Waals surface area contributed by atoms with Gasteiger partial charge in [-0.25, -0.2) is 0 Å². The van der Waals surface area contributed by atoms with E-state index in [0.29, 0.717) is 16.9 Å². The molecular weight excluding hydrogens is 442 g/mol. The van der Waals surface area contributed by atoms with Gasteiger partial charge in [0.25, 0.3) is 0 Å². The van der Waals surface area contributed by atoms with E-state index in [1.165, 1.54) is 44.1 Å². The highest BCUT2D eigenvalue weighted by Gasteiger charge is 2.59. The molecule has 3 atom stereocenters. The van der Waals surface area contributed by atoms with Crippen molar-refractivity contribution in [3.05, 3.63) is 69.2 Å². The van der Waals surface area contributed by atoms with Crippen LogP contribution < -0.4 is 5.32 Å². The van der Waals surface area contributed by atoms with Gasteiger partial charge >= 0.3 is 0 Å². The maximum absolute atomic E-state index is 6.20. The van der Waals surface area contributed by atoms with E-state index in [0.717, 1.165) is 34.3 Å². The van der Waals surface area contributed by atoms with Gasteiger partial charge in [-0.05, 0) is 116 Å². The molecule has 29 heavy (non-hydrogen) atoms.